The van der Waals surface area contributed by atoms with Gasteiger partial charge in [-0.3, -0.25) is 9.59 Å². The summed E-state index contributed by atoms with van der Waals surface area (Å²) in [5, 5.41) is 6.81. The number of anilines is 1. The van der Waals surface area contributed by atoms with E-state index >= 15 is 0 Å². The number of carbonyl (C=O) groups is 1. The minimum absolute atomic E-state index is 0.0761. The fourth-order valence-electron chi connectivity index (χ4n) is 4.67. The molecule has 1 saturated heterocycles. The summed E-state index contributed by atoms with van der Waals surface area (Å²) in [6, 6.07) is 10.3. The third-order valence-electron chi connectivity index (χ3n) is 6.39. The molecule has 0 saturated carbocycles. The number of nitrogen functional groups attached to an aromatic ring is 1. The molecule has 184 valence electrons. The van der Waals surface area contributed by atoms with Crippen molar-refractivity contribution in [1.29, 1.82) is 0 Å². The van der Waals surface area contributed by atoms with Crippen molar-refractivity contribution in [1.82, 2.24) is 19.7 Å². The summed E-state index contributed by atoms with van der Waals surface area (Å²) in [5.41, 5.74) is 7.69. The highest BCUT2D eigenvalue weighted by Gasteiger charge is 2.28. The normalized spacial score (nSPS) is 15.7. The Kier molecular flexibility index (Phi) is 6.01. The molecule has 5 rings (SSSR count). The SMILES string of the molecule is C=CC(=O)N1CCC[C@H](c2cn(-c3ccc(Oc4cccc(F)c4F)cc3)c3c(N)n[nH]c(=O)c23)C1. The maximum Gasteiger partial charge on any atom is 0.274 e. The second-order valence-corrected chi connectivity index (χ2v) is 8.59. The van der Waals surface area contributed by atoms with E-state index in [0.717, 1.165) is 24.5 Å². The second kappa shape index (κ2) is 9.29. The lowest BCUT2D eigenvalue weighted by Crippen LogP contribution is -2.38. The van der Waals surface area contributed by atoms with Gasteiger partial charge in [-0.05, 0) is 60.9 Å². The number of carbonyl (C=O) groups excluding carboxylic acids is 1. The number of rotatable bonds is 5. The van der Waals surface area contributed by atoms with Crippen molar-refractivity contribution in [2.45, 2.75) is 18.8 Å². The van der Waals surface area contributed by atoms with Crippen LogP contribution in [0.1, 0.15) is 24.3 Å². The number of nitrogens with one attached hydrogen (secondary N) is 1. The fourth-order valence-corrected chi connectivity index (χ4v) is 4.67. The van der Waals surface area contributed by atoms with Gasteiger partial charge in [0.25, 0.3) is 5.56 Å². The van der Waals surface area contributed by atoms with Crippen molar-refractivity contribution in [3.63, 3.8) is 0 Å². The molecule has 1 atom stereocenters. The van der Waals surface area contributed by atoms with Gasteiger partial charge in [-0.1, -0.05) is 12.6 Å². The van der Waals surface area contributed by atoms with E-state index in [2.05, 4.69) is 16.8 Å². The third-order valence-corrected chi connectivity index (χ3v) is 6.39. The largest absolute Gasteiger partial charge is 0.454 e. The van der Waals surface area contributed by atoms with Crippen LogP contribution in [-0.4, -0.2) is 38.7 Å². The van der Waals surface area contributed by atoms with Gasteiger partial charge in [0.1, 0.15) is 11.3 Å². The molecule has 3 N–H and O–H groups in total. The predicted molar refractivity (Wildman–Crippen MR) is 131 cm³/mol. The Morgan fingerprint density at radius 2 is 2.00 bits per heavy atom. The van der Waals surface area contributed by atoms with Gasteiger partial charge < -0.3 is 19.9 Å². The van der Waals surface area contributed by atoms with Gasteiger partial charge in [-0.25, -0.2) is 9.49 Å². The molecule has 2 aromatic carbocycles. The van der Waals surface area contributed by atoms with Crippen LogP contribution >= 0.6 is 0 Å². The summed E-state index contributed by atoms with van der Waals surface area (Å²) in [7, 11) is 0. The van der Waals surface area contributed by atoms with Crippen molar-refractivity contribution in [3.05, 3.63) is 88.9 Å². The van der Waals surface area contributed by atoms with Crippen LogP contribution in [0, 0.1) is 11.6 Å². The van der Waals surface area contributed by atoms with E-state index in [0.29, 0.717) is 35.4 Å². The highest BCUT2D eigenvalue weighted by molar-refractivity contribution is 5.92. The van der Waals surface area contributed by atoms with E-state index in [1.807, 2.05) is 6.20 Å². The van der Waals surface area contributed by atoms with E-state index in [9.17, 15) is 18.4 Å². The van der Waals surface area contributed by atoms with E-state index in [1.165, 1.54) is 18.2 Å². The van der Waals surface area contributed by atoms with E-state index in [4.69, 9.17) is 10.5 Å². The lowest BCUT2D eigenvalue weighted by molar-refractivity contribution is -0.127. The zero-order valence-corrected chi connectivity index (χ0v) is 19.2. The van der Waals surface area contributed by atoms with Crippen molar-refractivity contribution < 1.29 is 18.3 Å². The molecule has 0 bridgehead atoms. The number of aromatic nitrogens is 3. The molecule has 2 aromatic heterocycles. The zero-order valence-electron chi connectivity index (χ0n) is 19.2. The number of piperidine rings is 1. The Morgan fingerprint density at radius 1 is 1.22 bits per heavy atom. The molecule has 1 aliphatic heterocycles. The van der Waals surface area contributed by atoms with E-state index in [1.54, 1.807) is 33.7 Å². The van der Waals surface area contributed by atoms with Gasteiger partial charge in [-0.2, -0.15) is 9.49 Å². The topological polar surface area (TPSA) is 106 Å². The molecule has 0 radical (unpaired) electrons. The standard InChI is InChI=1S/C26H23F2N5O3/c1-2-21(34)32-12-4-5-15(13-32)18-14-33(24-22(18)26(35)31-30-25(24)29)16-8-10-17(11-9-16)36-20-7-3-6-19(27)23(20)28/h2-3,6-11,14-15H,1,4-5,12-13H2,(H2,29,30)(H,31,35)/t15-/m0/s1. The first kappa shape index (κ1) is 23.3. The van der Waals surface area contributed by atoms with E-state index in [-0.39, 0.29) is 29.0 Å². The molecule has 4 aromatic rings. The molecule has 10 heteroatoms. The van der Waals surface area contributed by atoms with Gasteiger partial charge in [0, 0.05) is 30.9 Å². The summed E-state index contributed by atoms with van der Waals surface area (Å²) >= 11 is 0. The second-order valence-electron chi connectivity index (χ2n) is 8.59. The van der Waals surface area contributed by atoms with Crippen molar-refractivity contribution in [2.75, 3.05) is 18.8 Å². The first-order chi connectivity index (χ1) is 17.4. The van der Waals surface area contributed by atoms with Crippen LogP contribution in [0.4, 0.5) is 14.6 Å². The molecule has 1 aliphatic rings. The first-order valence-corrected chi connectivity index (χ1v) is 11.4. The van der Waals surface area contributed by atoms with Gasteiger partial charge in [0.2, 0.25) is 11.7 Å². The van der Waals surface area contributed by atoms with Gasteiger partial charge in [0.15, 0.2) is 17.4 Å². The summed E-state index contributed by atoms with van der Waals surface area (Å²) in [4.78, 5) is 26.8. The fraction of sp³-hybridized carbons (Fsp3) is 0.192. The Hall–Kier alpha value is -4.47. The van der Waals surface area contributed by atoms with Gasteiger partial charge in [0.05, 0.1) is 5.39 Å². The molecule has 0 unspecified atom stereocenters. The molecular formula is C26H23F2N5O3. The number of hydrogen-bond donors (Lipinski definition) is 2. The number of nitrogens with zero attached hydrogens (tertiary/aromatic N) is 3. The van der Waals surface area contributed by atoms with Crippen LogP contribution in [0.3, 0.4) is 0 Å². The van der Waals surface area contributed by atoms with Crippen LogP contribution < -0.4 is 16.0 Å². The monoisotopic (exact) mass is 491 g/mol. The lowest BCUT2D eigenvalue weighted by Gasteiger charge is -2.32. The molecule has 1 amide bonds. The Morgan fingerprint density at radius 3 is 2.75 bits per heavy atom. The number of H-pyrrole nitrogens is 1. The molecule has 8 nitrogen and oxygen atoms in total. The number of benzene rings is 2. The third kappa shape index (κ3) is 4.10. The number of likely N-dealkylation sites (tertiary alicyclic amines) is 1. The molecule has 0 aliphatic carbocycles. The van der Waals surface area contributed by atoms with Crippen molar-refractivity contribution in [3.8, 4) is 17.2 Å². The van der Waals surface area contributed by atoms with Gasteiger partial charge >= 0.3 is 0 Å². The van der Waals surface area contributed by atoms with Crippen molar-refractivity contribution >= 4 is 22.6 Å². The number of nitrogens with two attached hydrogens (primary N) is 1. The first-order valence-electron chi connectivity index (χ1n) is 11.4. The molecule has 3 heterocycles. The summed E-state index contributed by atoms with van der Waals surface area (Å²) in [6.45, 7) is 4.66. The number of fused-ring (bicyclic) bond motifs is 1. The number of amides is 1. The van der Waals surface area contributed by atoms with E-state index < -0.39 is 11.6 Å². The molecule has 0 spiro atoms. The highest BCUT2D eigenvalue weighted by Crippen LogP contribution is 2.35. The number of halogens is 2. The quantitative estimate of drug-likeness (QED) is 0.406. The lowest BCUT2D eigenvalue weighted by atomic mass is 9.90. The Labute approximate surface area is 204 Å². The minimum Gasteiger partial charge on any atom is -0.454 e. The summed E-state index contributed by atoms with van der Waals surface area (Å²) in [6.07, 6.45) is 4.72. The van der Waals surface area contributed by atoms with Crippen LogP contribution in [0.15, 0.2) is 66.1 Å². The Balaban J connectivity index is 1.54. The van der Waals surface area contributed by atoms with Crippen LogP contribution in [-0.2, 0) is 4.79 Å². The van der Waals surface area contributed by atoms with Gasteiger partial charge in [-0.15, -0.1) is 0 Å². The van der Waals surface area contributed by atoms with Crippen LogP contribution in [0.5, 0.6) is 11.5 Å². The average molecular weight is 491 g/mol. The average Bonchev–Trinajstić information content (AvgIpc) is 3.31. The Bertz CT molecular complexity index is 1530. The predicted octanol–water partition coefficient (Wildman–Crippen LogP) is 4.26. The highest BCUT2D eigenvalue weighted by atomic mass is 19.2. The number of ether oxygens (including phenoxy) is 1. The zero-order chi connectivity index (χ0) is 25.4. The maximum absolute atomic E-state index is 14.0. The number of aromatic amines is 1. The molecule has 1 fully saturated rings. The smallest absolute Gasteiger partial charge is 0.274 e. The molecule has 36 heavy (non-hydrogen) atoms. The van der Waals surface area contributed by atoms with Crippen LogP contribution in [0.25, 0.3) is 16.6 Å². The minimum atomic E-state index is -1.07. The van der Waals surface area contributed by atoms with Crippen molar-refractivity contribution in [2.24, 2.45) is 0 Å². The summed E-state index contributed by atoms with van der Waals surface area (Å²) in [5.74, 6) is -2.08. The summed E-state index contributed by atoms with van der Waals surface area (Å²) < 4.78 is 34.7. The molecular weight excluding hydrogens is 468 g/mol. The maximum atomic E-state index is 14.0. The number of hydrogen-bond acceptors (Lipinski definition) is 5. The van der Waals surface area contributed by atoms with Crippen LogP contribution in [0.2, 0.25) is 0 Å².